The standard InChI is InChI=1S/C9H4Cl2O2S/c10-6-1-4(9(12)13)2-7-5(6)3-8(11)14-7/h1-3H,(H,12,13). The molecule has 0 aliphatic carbocycles. The Labute approximate surface area is 93.7 Å². The van der Waals surface area contributed by atoms with E-state index < -0.39 is 5.97 Å². The van der Waals surface area contributed by atoms with Gasteiger partial charge in [-0.2, -0.15) is 0 Å². The first-order chi connectivity index (χ1) is 6.58. The third kappa shape index (κ3) is 1.59. The molecule has 0 spiro atoms. The van der Waals surface area contributed by atoms with Gasteiger partial charge < -0.3 is 5.11 Å². The highest BCUT2D eigenvalue weighted by atomic mass is 35.5. The summed E-state index contributed by atoms with van der Waals surface area (Å²) >= 11 is 13.0. The number of carboxylic acid groups (broad SMARTS) is 1. The van der Waals surface area contributed by atoms with E-state index in [0.717, 1.165) is 10.1 Å². The summed E-state index contributed by atoms with van der Waals surface area (Å²) in [5.74, 6) is -0.988. The predicted octanol–water partition coefficient (Wildman–Crippen LogP) is 3.91. The number of hydrogen-bond donors (Lipinski definition) is 1. The van der Waals surface area contributed by atoms with Crippen LogP contribution in [0.3, 0.4) is 0 Å². The summed E-state index contributed by atoms with van der Waals surface area (Å²) in [5.41, 5.74) is 0.181. The smallest absolute Gasteiger partial charge is 0.335 e. The lowest BCUT2D eigenvalue weighted by Crippen LogP contribution is -1.94. The third-order valence-corrected chi connectivity index (χ3v) is 3.33. The minimum Gasteiger partial charge on any atom is -0.478 e. The molecule has 0 aliphatic heterocycles. The molecule has 1 aromatic carbocycles. The van der Waals surface area contributed by atoms with E-state index in [0.29, 0.717) is 9.36 Å². The minimum atomic E-state index is -0.988. The second-order valence-electron chi connectivity index (χ2n) is 2.73. The number of halogens is 2. The molecule has 0 amide bonds. The topological polar surface area (TPSA) is 37.3 Å². The van der Waals surface area contributed by atoms with Gasteiger partial charge in [0, 0.05) is 10.1 Å². The fourth-order valence-corrected chi connectivity index (χ4v) is 2.73. The lowest BCUT2D eigenvalue weighted by atomic mass is 10.2. The molecule has 0 radical (unpaired) electrons. The van der Waals surface area contributed by atoms with Crippen molar-refractivity contribution in [1.29, 1.82) is 0 Å². The number of rotatable bonds is 1. The summed E-state index contributed by atoms with van der Waals surface area (Å²) in [5, 5.41) is 10.0. The molecular weight excluding hydrogens is 243 g/mol. The molecule has 1 N–H and O–H groups in total. The first-order valence-corrected chi connectivity index (χ1v) is 5.27. The molecule has 14 heavy (non-hydrogen) atoms. The van der Waals surface area contributed by atoms with Crippen LogP contribution in [0.2, 0.25) is 9.36 Å². The normalized spacial score (nSPS) is 10.7. The van der Waals surface area contributed by atoms with E-state index in [-0.39, 0.29) is 5.56 Å². The number of carbonyl (C=O) groups is 1. The maximum atomic E-state index is 10.7. The van der Waals surface area contributed by atoms with E-state index in [9.17, 15) is 4.79 Å². The third-order valence-electron chi connectivity index (χ3n) is 1.80. The van der Waals surface area contributed by atoms with Crippen molar-refractivity contribution < 1.29 is 9.90 Å². The number of benzene rings is 1. The molecule has 0 saturated carbocycles. The van der Waals surface area contributed by atoms with Gasteiger partial charge >= 0.3 is 5.97 Å². The van der Waals surface area contributed by atoms with Gasteiger partial charge in [0.1, 0.15) is 0 Å². The van der Waals surface area contributed by atoms with Crippen molar-refractivity contribution in [2.75, 3.05) is 0 Å². The van der Waals surface area contributed by atoms with E-state index in [1.807, 2.05) is 0 Å². The van der Waals surface area contributed by atoms with Crippen LogP contribution in [-0.4, -0.2) is 11.1 Å². The number of hydrogen-bond acceptors (Lipinski definition) is 2. The lowest BCUT2D eigenvalue weighted by Gasteiger charge is -1.96. The molecule has 0 atom stereocenters. The van der Waals surface area contributed by atoms with Crippen molar-refractivity contribution in [3.05, 3.63) is 33.1 Å². The molecule has 1 aromatic heterocycles. The van der Waals surface area contributed by atoms with Gasteiger partial charge in [-0.15, -0.1) is 11.3 Å². The maximum absolute atomic E-state index is 10.7. The number of aromatic carboxylic acids is 1. The average Bonchev–Trinajstić information content (AvgIpc) is 2.45. The van der Waals surface area contributed by atoms with E-state index in [1.165, 1.54) is 17.4 Å². The fourth-order valence-electron chi connectivity index (χ4n) is 1.19. The van der Waals surface area contributed by atoms with Gasteiger partial charge in [0.2, 0.25) is 0 Å². The first kappa shape index (κ1) is 9.77. The Kier molecular flexibility index (Phi) is 2.39. The zero-order valence-electron chi connectivity index (χ0n) is 6.75. The molecule has 0 bridgehead atoms. The summed E-state index contributed by atoms with van der Waals surface area (Å²) in [4.78, 5) is 10.7. The van der Waals surface area contributed by atoms with Crippen LogP contribution in [0.25, 0.3) is 10.1 Å². The van der Waals surface area contributed by atoms with Crippen LogP contribution in [0.4, 0.5) is 0 Å². The molecule has 2 aromatic rings. The van der Waals surface area contributed by atoms with Crippen LogP contribution in [0.1, 0.15) is 10.4 Å². The van der Waals surface area contributed by atoms with Gasteiger partial charge in [0.25, 0.3) is 0 Å². The van der Waals surface area contributed by atoms with Crippen LogP contribution in [0.5, 0.6) is 0 Å². The van der Waals surface area contributed by atoms with Gasteiger partial charge in [0.15, 0.2) is 0 Å². The van der Waals surface area contributed by atoms with E-state index in [4.69, 9.17) is 28.3 Å². The molecule has 0 unspecified atom stereocenters. The van der Waals surface area contributed by atoms with Crippen LogP contribution in [0, 0.1) is 0 Å². The zero-order chi connectivity index (χ0) is 10.3. The summed E-state index contributed by atoms with van der Waals surface area (Å²) in [6.07, 6.45) is 0. The molecule has 2 rings (SSSR count). The molecular formula is C9H4Cl2O2S. The Morgan fingerprint density at radius 1 is 1.29 bits per heavy atom. The Balaban J connectivity index is 2.77. The first-order valence-electron chi connectivity index (χ1n) is 3.70. The van der Waals surface area contributed by atoms with Crippen LogP contribution in [0.15, 0.2) is 18.2 Å². The minimum absolute atomic E-state index is 0.181. The number of carboxylic acids is 1. The van der Waals surface area contributed by atoms with Gasteiger partial charge in [0.05, 0.1) is 14.9 Å². The van der Waals surface area contributed by atoms with Crippen molar-refractivity contribution in [3.63, 3.8) is 0 Å². The van der Waals surface area contributed by atoms with Crippen molar-refractivity contribution >= 4 is 50.6 Å². The lowest BCUT2D eigenvalue weighted by molar-refractivity contribution is 0.0697. The van der Waals surface area contributed by atoms with Crippen molar-refractivity contribution in [2.24, 2.45) is 0 Å². The predicted molar refractivity (Wildman–Crippen MR) is 58.8 cm³/mol. The molecule has 0 aliphatic rings. The quantitative estimate of drug-likeness (QED) is 0.829. The van der Waals surface area contributed by atoms with Gasteiger partial charge in [-0.05, 0) is 18.2 Å². The van der Waals surface area contributed by atoms with E-state index in [1.54, 1.807) is 12.1 Å². The highest BCUT2D eigenvalue weighted by Gasteiger charge is 2.10. The van der Waals surface area contributed by atoms with Gasteiger partial charge in [-0.3, -0.25) is 0 Å². The van der Waals surface area contributed by atoms with E-state index in [2.05, 4.69) is 0 Å². The molecule has 0 saturated heterocycles. The molecule has 2 nitrogen and oxygen atoms in total. The second kappa shape index (κ2) is 3.42. The second-order valence-corrected chi connectivity index (χ2v) is 4.85. The largest absolute Gasteiger partial charge is 0.478 e. The SMILES string of the molecule is O=C(O)c1cc(Cl)c2cc(Cl)sc2c1. The zero-order valence-corrected chi connectivity index (χ0v) is 9.08. The van der Waals surface area contributed by atoms with Gasteiger partial charge in [-0.1, -0.05) is 23.2 Å². The van der Waals surface area contributed by atoms with Crippen molar-refractivity contribution in [2.45, 2.75) is 0 Å². The molecule has 1 heterocycles. The Bertz CT molecular complexity index is 519. The van der Waals surface area contributed by atoms with Crippen LogP contribution >= 0.6 is 34.5 Å². The molecule has 72 valence electrons. The molecule has 0 fully saturated rings. The maximum Gasteiger partial charge on any atom is 0.335 e. The average molecular weight is 247 g/mol. The number of thiophene rings is 1. The summed E-state index contributed by atoms with van der Waals surface area (Å²) in [6.45, 7) is 0. The Hall–Kier alpha value is -0.770. The van der Waals surface area contributed by atoms with Gasteiger partial charge in [-0.25, -0.2) is 4.79 Å². The molecule has 5 heteroatoms. The summed E-state index contributed by atoms with van der Waals surface area (Å²) < 4.78 is 1.39. The summed E-state index contributed by atoms with van der Waals surface area (Å²) in [6, 6.07) is 4.73. The monoisotopic (exact) mass is 246 g/mol. The highest BCUT2D eigenvalue weighted by molar-refractivity contribution is 7.22. The van der Waals surface area contributed by atoms with Crippen LogP contribution in [-0.2, 0) is 0 Å². The van der Waals surface area contributed by atoms with Crippen LogP contribution < -0.4 is 0 Å². The number of fused-ring (bicyclic) bond motifs is 1. The Morgan fingerprint density at radius 3 is 2.64 bits per heavy atom. The van der Waals surface area contributed by atoms with Crippen molar-refractivity contribution in [1.82, 2.24) is 0 Å². The van der Waals surface area contributed by atoms with E-state index >= 15 is 0 Å². The van der Waals surface area contributed by atoms with Crippen molar-refractivity contribution in [3.8, 4) is 0 Å². The Morgan fingerprint density at radius 2 is 2.00 bits per heavy atom. The fraction of sp³-hybridized carbons (Fsp3) is 0. The summed E-state index contributed by atoms with van der Waals surface area (Å²) in [7, 11) is 0. The highest BCUT2D eigenvalue weighted by Crippen LogP contribution is 2.34.